The van der Waals surface area contributed by atoms with E-state index in [1.54, 1.807) is 12.1 Å². The second-order valence-corrected chi connectivity index (χ2v) is 5.87. The van der Waals surface area contributed by atoms with Gasteiger partial charge in [0.1, 0.15) is 0 Å². The van der Waals surface area contributed by atoms with Crippen molar-refractivity contribution in [2.45, 2.75) is 40.3 Å². The smallest absolute Gasteiger partial charge is 0.251 e. The lowest BCUT2D eigenvalue weighted by molar-refractivity contribution is -0.119. The molecule has 0 aliphatic rings. The van der Waals surface area contributed by atoms with Crippen LogP contribution in [0.4, 0.5) is 0 Å². The van der Waals surface area contributed by atoms with Gasteiger partial charge < -0.3 is 10.6 Å². The van der Waals surface area contributed by atoms with Gasteiger partial charge in [0.05, 0.1) is 5.69 Å². The average molecular weight is 328 g/mol. The summed E-state index contributed by atoms with van der Waals surface area (Å²) in [5.74, 6) is -0.158. The van der Waals surface area contributed by atoms with E-state index in [4.69, 9.17) is 0 Å². The van der Waals surface area contributed by atoms with Gasteiger partial charge in [-0.15, -0.1) is 0 Å². The van der Waals surface area contributed by atoms with Crippen molar-refractivity contribution in [3.8, 4) is 0 Å². The van der Waals surface area contributed by atoms with E-state index in [9.17, 15) is 9.59 Å². The lowest BCUT2D eigenvalue weighted by Crippen LogP contribution is -2.25. The van der Waals surface area contributed by atoms with Crippen LogP contribution in [0.2, 0.25) is 0 Å². The summed E-state index contributed by atoms with van der Waals surface area (Å²) in [7, 11) is 0. The van der Waals surface area contributed by atoms with Crippen LogP contribution in [-0.4, -0.2) is 28.1 Å². The monoisotopic (exact) mass is 328 g/mol. The molecule has 128 valence electrons. The minimum atomic E-state index is -0.0885. The molecule has 0 fully saturated rings. The molecule has 2 N–H and O–H groups in total. The molecule has 1 heterocycles. The summed E-state index contributed by atoms with van der Waals surface area (Å²) in [4.78, 5) is 23.0. The molecule has 2 rings (SSSR count). The van der Waals surface area contributed by atoms with E-state index < -0.39 is 0 Å². The molecule has 0 saturated carbocycles. The Morgan fingerprint density at radius 1 is 1.12 bits per heavy atom. The number of aromatic nitrogens is 2. The highest BCUT2D eigenvalue weighted by atomic mass is 16.2. The average Bonchev–Trinajstić information content (AvgIpc) is 2.87. The molecule has 1 aromatic heterocycles. The minimum absolute atomic E-state index is 0.0700. The minimum Gasteiger partial charge on any atom is -0.352 e. The molecule has 2 amide bonds. The van der Waals surface area contributed by atoms with Crippen LogP contribution in [0.1, 0.15) is 40.7 Å². The molecule has 0 saturated heterocycles. The first-order valence-corrected chi connectivity index (χ1v) is 8.08. The highest BCUT2D eigenvalue weighted by Gasteiger charge is 2.06. The molecule has 0 bridgehead atoms. The fourth-order valence-corrected chi connectivity index (χ4v) is 2.43. The normalized spacial score (nSPS) is 10.5. The molecule has 6 nitrogen and oxygen atoms in total. The molecule has 2 aromatic rings. The summed E-state index contributed by atoms with van der Waals surface area (Å²) in [6.07, 6.45) is 0.828. The van der Waals surface area contributed by atoms with E-state index in [1.165, 1.54) is 6.92 Å². The van der Waals surface area contributed by atoms with Crippen molar-refractivity contribution in [1.29, 1.82) is 0 Å². The van der Waals surface area contributed by atoms with Crippen molar-refractivity contribution >= 4 is 11.8 Å². The largest absolute Gasteiger partial charge is 0.352 e. The number of carbonyl (C=O) groups is 2. The standard InChI is InChI=1S/C18H24N4O2/c1-13-11-14(2)22(21-13)10-4-9-19-18(24)17-7-5-16(6-8-17)12-20-15(3)23/h5-8,11H,4,9-10,12H2,1-3H3,(H,19,24)(H,20,23). The van der Waals surface area contributed by atoms with Crippen molar-refractivity contribution in [3.63, 3.8) is 0 Å². The Labute approximate surface area is 142 Å². The molecular weight excluding hydrogens is 304 g/mol. The fourth-order valence-electron chi connectivity index (χ4n) is 2.43. The topological polar surface area (TPSA) is 76.0 Å². The number of hydrogen-bond acceptors (Lipinski definition) is 3. The number of carbonyl (C=O) groups excluding carboxylic acids is 2. The zero-order chi connectivity index (χ0) is 17.5. The third kappa shape index (κ3) is 5.22. The Balaban J connectivity index is 1.76. The number of benzene rings is 1. The van der Waals surface area contributed by atoms with E-state index in [0.717, 1.165) is 29.9 Å². The van der Waals surface area contributed by atoms with Crippen molar-refractivity contribution in [1.82, 2.24) is 20.4 Å². The zero-order valence-electron chi connectivity index (χ0n) is 14.4. The molecule has 0 spiro atoms. The Kier molecular flexibility index (Phi) is 6.12. The summed E-state index contributed by atoms with van der Waals surface area (Å²) >= 11 is 0. The van der Waals surface area contributed by atoms with Gasteiger partial charge in [-0.05, 0) is 44.0 Å². The Morgan fingerprint density at radius 3 is 2.42 bits per heavy atom. The van der Waals surface area contributed by atoms with Crippen LogP contribution < -0.4 is 10.6 Å². The Bertz CT molecular complexity index is 704. The van der Waals surface area contributed by atoms with Crippen molar-refractivity contribution in [2.75, 3.05) is 6.54 Å². The fraction of sp³-hybridized carbons (Fsp3) is 0.389. The van der Waals surface area contributed by atoms with E-state index in [0.29, 0.717) is 18.7 Å². The first kappa shape index (κ1) is 17.7. The summed E-state index contributed by atoms with van der Waals surface area (Å²) in [5, 5.41) is 10.0. The highest BCUT2D eigenvalue weighted by Crippen LogP contribution is 2.05. The molecular formula is C18H24N4O2. The van der Waals surface area contributed by atoms with Crippen LogP contribution in [0, 0.1) is 13.8 Å². The lowest BCUT2D eigenvalue weighted by atomic mass is 10.1. The summed E-state index contributed by atoms with van der Waals surface area (Å²) in [6.45, 7) is 7.34. The van der Waals surface area contributed by atoms with Gasteiger partial charge in [-0.3, -0.25) is 14.3 Å². The second kappa shape index (κ2) is 8.29. The van der Waals surface area contributed by atoms with Crippen molar-refractivity contribution in [2.24, 2.45) is 0 Å². The van der Waals surface area contributed by atoms with Crippen LogP contribution in [0.3, 0.4) is 0 Å². The lowest BCUT2D eigenvalue weighted by Gasteiger charge is -2.08. The molecule has 6 heteroatoms. The molecule has 0 aliphatic heterocycles. The third-order valence-electron chi connectivity index (χ3n) is 3.69. The molecule has 0 aliphatic carbocycles. The van der Waals surface area contributed by atoms with Gasteiger partial charge in [-0.1, -0.05) is 12.1 Å². The zero-order valence-corrected chi connectivity index (χ0v) is 14.4. The van der Waals surface area contributed by atoms with E-state index in [2.05, 4.69) is 15.7 Å². The maximum atomic E-state index is 12.1. The maximum absolute atomic E-state index is 12.1. The quantitative estimate of drug-likeness (QED) is 0.763. The predicted octanol–water partition coefficient (Wildman–Crippen LogP) is 1.96. The summed E-state index contributed by atoms with van der Waals surface area (Å²) < 4.78 is 1.96. The van der Waals surface area contributed by atoms with Gasteiger partial charge in [0.2, 0.25) is 5.91 Å². The summed E-state index contributed by atoms with van der Waals surface area (Å²) in [6, 6.07) is 9.28. The number of nitrogens with one attached hydrogen (secondary N) is 2. The Morgan fingerprint density at radius 2 is 1.83 bits per heavy atom. The first-order chi connectivity index (χ1) is 11.5. The summed E-state index contributed by atoms with van der Waals surface area (Å²) in [5.41, 5.74) is 3.73. The van der Waals surface area contributed by atoms with Crippen LogP contribution in [0.15, 0.2) is 30.3 Å². The molecule has 24 heavy (non-hydrogen) atoms. The SMILES string of the molecule is CC(=O)NCc1ccc(C(=O)NCCCn2nc(C)cc2C)cc1. The number of nitrogens with zero attached hydrogens (tertiary/aromatic N) is 2. The van der Waals surface area contributed by atoms with Crippen LogP contribution >= 0.6 is 0 Å². The van der Waals surface area contributed by atoms with Crippen LogP contribution in [0.25, 0.3) is 0 Å². The van der Waals surface area contributed by atoms with Crippen molar-refractivity contribution < 1.29 is 9.59 Å². The van der Waals surface area contributed by atoms with Gasteiger partial charge in [-0.2, -0.15) is 5.10 Å². The number of rotatable bonds is 7. The highest BCUT2D eigenvalue weighted by molar-refractivity contribution is 5.94. The van der Waals surface area contributed by atoms with Gasteiger partial charge in [-0.25, -0.2) is 0 Å². The molecule has 0 unspecified atom stereocenters. The first-order valence-electron chi connectivity index (χ1n) is 8.08. The predicted molar refractivity (Wildman–Crippen MR) is 92.6 cm³/mol. The van der Waals surface area contributed by atoms with Gasteiger partial charge in [0.15, 0.2) is 0 Å². The molecule has 1 aromatic carbocycles. The van der Waals surface area contributed by atoms with E-state index in [-0.39, 0.29) is 11.8 Å². The second-order valence-electron chi connectivity index (χ2n) is 5.87. The molecule has 0 atom stereocenters. The van der Waals surface area contributed by atoms with Crippen LogP contribution in [-0.2, 0) is 17.9 Å². The van der Waals surface area contributed by atoms with Crippen molar-refractivity contribution in [3.05, 3.63) is 52.8 Å². The van der Waals surface area contributed by atoms with Gasteiger partial charge in [0, 0.05) is 37.8 Å². The van der Waals surface area contributed by atoms with E-state index in [1.807, 2.05) is 36.7 Å². The number of amides is 2. The number of aryl methyl sites for hydroxylation is 3. The molecule has 0 radical (unpaired) electrons. The van der Waals surface area contributed by atoms with E-state index >= 15 is 0 Å². The van der Waals surface area contributed by atoms with Gasteiger partial charge >= 0.3 is 0 Å². The number of hydrogen-bond donors (Lipinski definition) is 2. The third-order valence-corrected chi connectivity index (χ3v) is 3.69. The van der Waals surface area contributed by atoms with Gasteiger partial charge in [0.25, 0.3) is 5.91 Å². The maximum Gasteiger partial charge on any atom is 0.251 e. The Hall–Kier alpha value is -2.63. The van der Waals surface area contributed by atoms with Crippen LogP contribution in [0.5, 0.6) is 0 Å².